The average Bonchev–Trinajstić information content (AvgIpc) is 3.27. The molecule has 1 aliphatic heterocycles. The van der Waals surface area contributed by atoms with Crippen LogP contribution < -0.4 is 10.1 Å². The third-order valence-electron chi connectivity index (χ3n) is 5.07. The highest BCUT2D eigenvalue weighted by Gasteiger charge is 2.32. The Bertz CT molecular complexity index is 1220. The van der Waals surface area contributed by atoms with Gasteiger partial charge in [-0.3, -0.25) is 0 Å². The molecule has 5 rings (SSSR count). The van der Waals surface area contributed by atoms with Crippen LogP contribution in [0.15, 0.2) is 83.4 Å². The van der Waals surface area contributed by atoms with Gasteiger partial charge in [-0.05, 0) is 42.5 Å². The van der Waals surface area contributed by atoms with Crippen molar-refractivity contribution in [1.82, 2.24) is 15.0 Å². The van der Waals surface area contributed by atoms with E-state index >= 15 is 0 Å². The number of likely N-dealkylation sites (tertiary alicyclic amines) is 1. The van der Waals surface area contributed by atoms with E-state index in [-0.39, 0.29) is 12.1 Å². The summed E-state index contributed by atoms with van der Waals surface area (Å²) in [5.74, 6) is 1.26. The van der Waals surface area contributed by atoms with E-state index in [2.05, 4.69) is 15.5 Å². The number of anilines is 1. The Labute approximate surface area is 183 Å². The van der Waals surface area contributed by atoms with Gasteiger partial charge in [-0.1, -0.05) is 41.6 Å². The number of benzene rings is 3. The second-order valence-corrected chi connectivity index (χ2v) is 7.40. The quantitative estimate of drug-likeness (QED) is 0.490. The van der Waals surface area contributed by atoms with Crippen LogP contribution in [0.1, 0.15) is 0 Å². The SMILES string of the molecule is O=C(Nc1cccc(F)c1)N1CC(Oc2ccc(-c3nc(-c4ccccc4)no3)cc2)C1. The highest BCUT2D eigenvalue weighted by Crippen LogP contribution is 2.25. The first-order valence-electron chi connectivity index (χ1n) is 10.1. The van der Waals surface area contributed by atoms with Crippen molar-refractivity contribution in [1.29, 1.82) is 0 Å². The van der Waals surface area contributed by atoms with Crippen LogP contribution in [0, 0.1) is 5.82 Å². The summed E-state index contributed by atoms with van der Waals surface area (Å²) in [4.78, 5) is 18.3. The zero-order chi connectivity index (χ0) is 21.9. The fourth-order valence-corrected chi connectivity index (χ4v) is 3.36. The zero-order valence-electron chi connectivity index (χ0n) is 16.9. The molecule has 0 atom stereocenters. The van der Waals surface area contributed by atoms with Crippen molar-refractivity contribution in [2.45, 2.75) is 6.10 Å². The van der Waals surface area contributed by atoms with Crippen LogP contribution in [0.2, 0.25) is 0 Å². The second kappa shape index (κ2) is 8.50. The molecule has 0 spiro atoms. The molecular formula is C24H19FN4O3. The van der Waals surface area contributed by atoms with Crippen LogP contribution in [-0.2, 0) is 0 Å². The van der Waals surface area contributed by atoms with Crippen molar-refractivity contribution < 1.29 is 18.4 Å². The number of rotatable bonds is 5. The van der Waals surface area contributed by atoms with E-state index in [4.69, 9.17) is 9.26 Å². The van der Waals surface area contributed by atoms with Crippen LogP contribution in [-0.4, -0.2) is 40.3 Å². The molecule has 1 aliphatic rings. The van der Waals surface area contributed by atoms with Gasteiger partial charge in [0.15, 0.2) is 0 Å². The normalized spacial score (nSPS) is 13.5. The first-order valence-corrected chi connectivity index (χ1v) is 10.1. The highest BCUT2D eigenvalue weighted by molar-refractivity contribution is 5.89. The fraction of sp³-hybridized carbons (Fsp3) is 0.125. The maximum atomic E-state index is 13.2. The second-order valence-electron chi connectivity index (χ2n) is 7.40. The molecule has 7 nitrogen and oxygen atoms in total. The number of hydrogen-bond acceptors (Lipinski definition) is 5. The van der Waals surface area contributed by atoms with E-state index in [1.165, 1.54) is 12.1 Å². The summed E-state index contributed by atoms with van der Waals surface area (Å²) >= 11 is 0. The van der Waals surface area contributed by atoms with Gasteiger partial charge in [0.1, 0.15) is 17.7 Å². The van der Waals surface area contributed by atoms with Crippen molar-refractivity contribution in [2.24, 2.45) is 0 Å². The number of carbonyl (C=O) groups excluding carboxylic acids is 1. The number of urea groups is 1. The summed E-state index contributed by atoms with van der Waals surface area (Å²) in [6.07, 6.45) is -0.104. The molecule has 0 unspecified atom stereocenters. The molecule has 1 fully saturated rings. The maximum absolute atomic E-state index is 13.2. The molecule has 0 saturated carbocycles. The Morgan fingerprint density at radius 3 is 2.53 bits per heavy atom. The molecule has 2 heterocycles. The fourth-order valence-electron chi connectivity index (χ4n) is 3.36. The summed E-state index contributed by atoms with van der Waals surface area (Å²) < 4.78 is 24.5. The van der Waals surface area contributed by atoms with E-state index in [1.54, 1.807) is 17.0 Å². The summed E-state index contributed by atoms with van der Waals surface area (Å²) in [6.45, 7) is 0.903. The minimum absolute atomic E-state index is 0.104. The van der Waals surface area contributed by atoms with Gasteiger partial charge in [0.2, 0.25) is 5.82 Å². The van der Waals surface area contributed by atoms with E-state index in [0.29, 0.717) is 36.2 Å². The lowest BCUT2D eigenvalue weighted by atomic mass is 10.1. The third-order valence-corrected chi connectivity index (χ3v) is 5.07. The van der Waals surface area contributed by atoms with E-state index in [0.717, 1.165) is 11.1 Å². The zero-order valence-corrected chi connectivity index (χ0v) is 16.9. The predicted molar refractivity (Wildman–Crippen MR) is 117 cm³/mol. The summed E-state index contributed by atoms with van der Waals surface area (Å²) in [6, 6.07) is 22.5. The minimum Gasteiger partial charge on any atom is -0.487 e. The van der Waals surface area contributed by atoms with E-state index in [9.17, 15) is 9.18 Å². The standard InChI is InChI=1S/C24H19FN4O3/c25-18-7-4-8-19(13-18)26-24(30)29-14-21(15-29)31-20-11-9-17(10-12-20)23-27-22(28-32-23)16-5-2-1-3-6-16/h1-13,21H,14-15H2,(H,26,30). The van der Waals surface area contributed by atoms with Gasteiger partial charge in [-0.25, -0.2) is 9.18 Å². The minimum atomic E-state index is -0.395. The average molecular weight is 430 g/mol. The lowest BCUT2D eigenvalue weighted by Crippen LogP contribution is -2.57. The monoisotopic (exact) mass is 430 g/mol. The van der Waals surface area contributed by atoms with E-state index < -0.39 is 5.82 Å². The third kappa shape index (κ3) is 4.29. The summed E-state index contributed by atoms with van der Waals surface area (Å²) in [7, 11) is 0. The van der Waals surface area contributed by atoms with Crippen LogP contribution in [0.4, 0.5) is 14.9 Å². The van der Waals surface area contributed by atoms with Crippen LogP contribution in [0.25, 0.3) is 22.8 Å². The number of aromatic nitrogens is 2. The number of halogens is 1. The summed E-state index contributed by atoms with van der Waals surface area (Å²) in [5, 5.41) is 6.71. The van der Waals surface area contributed by atoms with Crippen molar-refractivity contribution >= 4 is 11.7 Å². The van der Waals surface area contributed by atoms with Crippen molar-refractivity contribution in [3.05, 3.63) is 84.7 Å². The molecule has 1 aromatic heterocycles. The molecule has 2 amide bonds. The van der Waals surface area contributed by atoms with Gasteiger partial charge in [-0.2, -0.15) is 4.98 Å². The first-order chi connectivity index (χ1) is 15.6. The molecule has 4 aromatic rings. The van der Waals surface area contributed by atoms with Crippen molar-refractivity contribution in [3.8, 4) is 28.6 Å². The van der Waals surface area contributed by atoms with Crippen LogP contribution >= 0.6 is 0 Å². The number of nitrogens with zero attached hydrogens (tertiary/aromatic N) is 3. The Morgan fingerprint density at radius 1 is 1.00 bits per heavy atom. The van der Waals surface area contributed by atoms with E-state index in [1.807, 2.05) is 54.6 Å². The van der Waals surface area contributed by atoms with Gasteiger partial charge in [0, 0.05) is 16.8 Å². The number of amides is 2. The molecule has 0 aliphatic carbocycles. The number of nitrogens with one attached hydrogen (secondary N) is 1. The molecular weight excluding hydrogens is 411 g/mol. The topological polar surface area (TPSA) is 80.5 Å². The van der Waals surface area contributed by atoms with Crippen molar-refractivity contribution in [2.75, 3.05) is 18.4 Å². The predicted octanol–water partition coefficient (Wildman–Crippen LogP) is 4.84. The lowest BCUT2D eigenvalue weighted by molar-refractivity contribution is 0.0493. The van der Waals surface area contributed by atoms with Gasteiger partial charge < -0.3 is 19.5 Å². The number of ether oxygens (including phenoxy) is 1. The number of hydrogen-bond donors (Lipinski definition) is 1. The molecule has 0 radical (unpaired) electrons. The molecule has 1 saturated heterocycles. The molecule has 160 valence electrons. The Kier molecular flexibility index (Phi) is 5.25. The highest BCUT2D eigenvalue weighted by atomic mass is 19.1. The van der Waals surface area contributed by atoms with Gasteiger partial charge in [0.25, 0.3) is 5.89 Å². The Hall–Kier alpha value is -4.20. The molecule has 8 heteroatoms. The van der Waals surface area contributed by atoms with Crippen LogP contribution in [0.5, 0.6) is 5.75 Å². The summed E-state index contributed by atoms with van der Waals surface area (Å²) in [5.41, 5.74) is 2.10. The molecule has 3 aromatic carbocycles. The van der Waals surface area contributed by atoms with Crippen LogP contribution in [0.3, 0.4) is 0 Å². The first kappa shape index (κ1) is 19.7. The largest absolute Gasteiger partial charge is 0.487 e. The Morgan fingerprint density at radius 2 is 1.78 bits per heavy atom. The number of carbonyl (C=O) groups is 1. The molecule has 0 bridgehead atoms. The van der Waals surface area contributed by atoms with Gasteiger partial charge >= 0.3 is 6.03 Å². The van der Waals surface area contributed by atoms with Gasteiger partial charge in [-0.15, -0.1) is 0 Å². The smallest absolute Gasteiger partial charge is 0.322 e. The van der Waals surface area contributed by atoms with Crippen molar-refractivity contribution in [3.63, 3.8) is 0 Å². The lowest BCUT2D eigenvalue weighted by Gasteiger charge is -2.38. The Balaban J connectivity index is 1.14. The maximum Gasteiger partial charge on any atom is 0.322 e. The van der Waals surface area contributed by atoms with Gasteiger partial charge in [0.05, 0.1) is 13.1 Å². The molecule has 1 N–H and O–H groups in total. The molecule has 32 heavy (non-hydrogen) atoms.